The number of fused-ring (bicyclic) bond motifs is 1. The molecular formula is C26H28N2O2S. The average Bonchev–Trinajstić information content (AvgIpc) is 2.82. The average molecular weight is 433 g/mol. The lowest BCUT2D eigenvalue weighted by atomic mass is 9.95. The van der Waals surface area contributed by atoms with E-state index in [1.807, 2.05) is 47.4 Å². The number of nitrogens with zero attached hydrogens (tertiary/aromatic N) is 1. The fourth-order valence-corrected chi connectivity index (χ4v) is 4.82. The molecular weight excluding hydrogens is 404 g/mol. The second-order valence-electron chi connectivity index (χ2n) is 8.05. The Bertz CT molecular complexity index is 1050. The summed E-state index contributed by atoms with van der Waals surface area (Å²) in [6.45, 7) is 3.98. The molecule has 1 heterocycles. The summed E-state index contributed by atoms with van der Waals surface area (Å²) in [6, 6.07) is 22.3. The van der Waals surface area contributed by atoms with Crippen molar-refractivity contribution in [1.29, 1.82) is 0 Å². The molecule has 4 rings (SSSR count). The number of rotatable bonds is 6. The van der Waals surface area contributed by atoms with Crippen LogP contribution in [0, 0.1) is 12.8 Å². The largest absolute Gasteiger partial charge is 0.355 e. The lowest BCUT2D eigenvalue weighted by Gasteiger charge is -2.31. The molecule has 1 aliphatic heterocycles. The maximum Gasteiger partial charge on any atom is 0.254 e. The topological polar surface area (TPSA) is 49.4 Å². The van der Waals surface area contributed by atoms with E-state index in [0.717, 1.165) is 22.1 Å². The Balaban J connectivity index is 1.24. The van der Waals surface area contributed by atoms with Gasteiger partial charge in [0.25, 0.3) is 5.91 Å². The van der Waals surface area contributed by atoms with Gasteiger partial charge in [-0.05, 0) is 48.7 Å². The van der Waals surface area contributed by atoms with Crippen LogP contribution < -0.4 is 5.32 Å². The molecule has 3 aromatic carbocycles. The summed E-state index contributed by atoms with van der Waals surface area (Å²) in [5.41, 5.74) is 2.00. The van der Waals surface area contributed by atoms with Gasteiger partial charge in [-0.1, -0.05) is 54.1 Å². The van der Waals surface area contributed by atoms with Crippen LogP contribution in [-0.2, 0) is 4.79 Å². The summed E-state index contributed by atoms with van der Waals surface area (Å²) in [7, 11) is 0. The summed E-state index contributed by atoms with van der Waals surface area (Å²) in [5, 5.41) is 5.13. The first kappa shape index (κ1) is 21.4. The molecule has 1 N–H and O–H groups in total. The van der Waals surface area contributed by atoms with E-state index >= 15 is 0 Å². The van der Waals surface area contributed by atoms with Crippen molar-refractivity contribution >= 4 is 34.3 Å². The van der Waals surface area contributed by atoms with Crippen molar-refractivity contribution in [1.82, 2.24) is 10.2 Å². The number of aryl methyl sites for hydroxylation is 1. The smallest absolute Gasteiger partial charge is 0.254 e. The molecule has 5 heteroatoms. The number of benzene rings is 3. The highest BCUT2D eigenvalue weighted by Crippen LogP contribution is 2.24. The predicted molar refractivity (Wildman–Crippen MR) is 127 cm³/mol. The number of thioether (sulfide) groups is 1. The molecule has 31 heavy (non-hydrogen) atoms. The Kier molecular flexibility index (Phi) is 6.92. The van der Waals surface area contributed by atoms with Crippen LogP contribution in [0.4, 0.5) is 0 Å². The number of nitrogens with one attached hydrogen (secondary N) is 1. The van der Waals surface area contributed by atoms with Crippen molar-refractivity contribution in [2.75, 3.05) is 25.4 Å². The van der Waals surface area contributed by atoms with Gasteiger partial charge >= 0.3 is 0 Å². The SMILES string of the molecule is Cc1ccc(SCCNC(=O)C2CCN(C(=O)c3cccc4ccccc34)CC2)cc1. The standard InChI is InChI=1S/C26H28N2O2S/c1-19-9-11-22(12-10-19)31-18-15-27-25(29)21-13-16-28(17-14-21)26(30)24-8-4-6-20-5-2-3-7-23(20)24/h2-12,21H,13-18H2,1H3,(H,27,29). The van der Waals surface area contributed by atoms with Gasteiger partial charge in [-0.25, -0.2) is 0 Å². The van der Waals surface area contributed by atoms with Crippen molar-refractivity contribution in [3.05, 3.63) is 77.9 Å². The van der Waals surface area contributed by atoms with Gasteiger partial charge in [0.05, 0.1) is 0 Å². The van der Waals surface area contributed by atoms with Crippen LogP contribution in [-0.4, -0.2) is 42.1 Å². The summed E-state index contributed by atoms with van der Waals surface area (Å²) >= 11 is 1.75. The fourth-order valence-electron chi connectivity index (χ4n) is 4.05. The third kappa shape index (κ3) is 5.28. The molecule has 0 atom stereocenters. The number of amides is 2. The Morgan fingerprint density at radius 1 is 0.968 bits per heavy atom. The Labute approximate surface area is 188 Å². The summed E-state index contributed by atoms with van der Waals surface area (Å²) in [4.78, 5) is 28.7. The van der Waals surface area contributed by atoms with Crippen molar-refractivity contribution in [3.63, 3.8) is 0 Å². The van der Waals surface area contributed by atoms with Gasteiger partial charge < -0.3 is 10.2 Å². The first-order chi connectivity index (χ1) is 15.1. The van der Waals surface area contributed by atoms with E-state index in [2.05, 4.69) is 36.5 Å². The number of carbonyl (C=O) groups is 2. The monoisotopic (exact) mass is 432 g/mol. The van der Waals surface area contributed by atoms with Crippen LogP contribution in [0.1, 0.15) is 28.8 Å². The zero-order valence-corrected chi connectivity index (χ0v) is 18.7. The molecule has 0 unspecified atom stereocenters. The molecule has 0 saturated carbocycles. The molecule has 0 radical (unpaired) electrons. The van der Waals surface area contributed by atoms with Crippen molar-refractivity contribution < 1.29 is 9.59 Å². The van der Waals surface area contributed by atoms with E-state index in [-0.39, 0.29) is 17.7 Å². The maximum atomic E-state index is 13.1. The summed E-state index contributed by atoms with van der Waals surface area (Å²) in [6.07, 6.45) is 1.43. The molecule has 1 saturated heterocycles. The predicted octanol–water partition coefficient (Wildman–Crippen LogP) is 4.91. The van der Waals surface area contributed by atoms with Crippen LogP contribution in [0.2, 0.25) is 0 Å². The highest BCUT2D eigenvalue weighted by Gasteiger charge is 2.28. The van der Waals surface area contributed by atoms with Crippen LogP contribution in [0.5, 0.6) is 0 Å². The maximum absolute atomic E-state index is 13.1. The summed E-state index contributed by atoms with van der Waals surface area (Å²) < 4.78 is 0. The normalized spacial score (nSPS) is 14.5. The zero-order chi connectivity index (χ0) is 21.6. The van der Waals surface area contributed by atoms with Gasteiger partial charge in [-0.15, -0.1) is 11.8 Å². The van der Waals surface area contributed by atoms with E-state index in [1.54, 1.807) is 11.8 Å². The summed E-state index contributed by atoms with van der Waals surface area (Å²) in [5.74, 6) is 1.01. The van der Waals surface area contributed by atoms with Crippen molar-refractivity contribution in [2.45, 2.75) is 24.7 Å². The Morgan fingerprint density at radius 2 is 1.68 bits per heavy atom. The van der Waals surface area contributed by atoms with Crippen LogP contribution in [0.15, 0.2) is 71.6 Å². The van der Waals surface area contributed by atoms with Gasteiger partial charge in [0.1, 0.15) is 0 Å². The number of carbonyl (C=O) groups excluding carboxylic acids is 2. The van der Waals surface area contributed by atoms with E-state index in [4.69, 9.17) is 0 Å². The molecule has 1 aliphatic rings. The number of likely N-dealkylation sites (tertiary alicyclic amines) is 1. The first-order valence-electron chi connectivity index (χ1n) is 10.9. The minimum atomic E-state index is -0.0130. The molecule has 1 fully saturated rings. The minimum Gasteiger partial charge on any atom is -0.355 e. The Hall–Kier alpha value is -2.79. The first-order valence-corrected chi connectivity index (χ1v) is 11.8. The van der Waals surface area contributed by atoms with Crippen LogP contribution in [0.25, 0.3) is 10.8 Å². The second-order valence-corrected chi connectivity index (χ2v) is 9.21. The zero-order valence-electron chi connectivity index (χ0n) is 17.8. The molecule has 0 aromatic heterocycles. The number of hydrogen-bond acceptors (Lipinski definition) is 3. The quantitative estimate of drug-likeness (QED) is 0.445. The lowest BCUT2D eigenvalue weighted by molar-refractivity contribution is -0.126. The molecule has 0 spiro atoms. The van der Waals surface area contributed by atoms with Crippen LogP contribution in [0.3, 0.4) is 0 Å². The van der Waals surface area contributed by atoms with Crippen molar-refractivity contribution in [2.24, 2.45) is 5.92 Å². The highest BCUT2D eigenvalue weighted by molar-refractivity contribution is 7.99. The highest BCUT2D eigenvalue weighted by atomic mass is 32.2. The van der Waals surface area contributed by atoms with Gasteiger partial charge in [0, 0.05) is 41.8 Å². The molecule has 4 nitrogen and oxygen atoms in total. The minimum absolute atomic E-state index is 0.0130. The van der Waals surface area contributed by atoms with Crippen molar-refractivity contribution in [3.8, 4) is 0 Å². The van der Waals surface area contributed by atoms with Crippen LogP contribution >= 0.6 is 11.8 Å². The van der Waals surface area contributed by atoms with E-state index < -0.39 is 0 Å². The van der Waals surface area contributed by atoms with E-state index in [1.165, 1.54) is 10.5 Å². The van der Waals surface area contributed by atoms with Gasteiger partial charge in [0.2, 0.25) is 5.91 Å². The van der Waals surface area contributed by atoms with Gasteiger partial charge in [-0.3, -0.25) is 9.59 Å². The number of piperidine rings is 1. The fraction of sp³-hybridized carbons (Fsp3) is 0.308. The lowest BCUT2D eigenvalue weighted by Crippen LogP contribution is -2.43. The second kappa shape index (κ2) is 10.0. The van der Waals surface area contributed by atoms with E-state index in [9.17, 15) is 9.59 Å². The Morgan fingerprint density at radius 3 is 2.45 bits per heavy atom. The molecule has 0 aliphatic carbocycles. The van der Waals surface area contributed by atoms with Gasteiger partial charge in [0.15, 0.2) is 0 Å². The molecule has 160 valence electrons. The number of hydrogen-bond donors (Lipinski definition) is 1. The molecule has 2 amide bonds. The third-order valence-corrected chi connectivity index (χ3v) is 6.88. The van der Waals surface area contributed by atoms with E-state index in [0.29, 0.717) is 32.5 Å². The molecule has 0 bridgehead atoms. The molecule has 3 aromatic rings. The van der Waals surface area contributed by atoms with Gasteiger partial charge in [-0.2, -0.15) is 0 Å². The third-order valence-electron chi connectivity index (χ3n) is 5.86.